The zero-order valence-corrected chi connectivity index (χ0v) is 16.2. The molecule has 7 nitrogen and oxygen atoms in total. The summed E-state index contributed by atoms with van der Waals surface area (Å²) < 4.78 is 5.95. The SMILES string of the molecule is CCCCOC1CC(N(C)C(=O)CCNC(=O)c2cnccn2)C1(C)C. The summed E-state index contributed by atoms with van der Waals surface area (Å²) in [4.78, 5) is 34.0. The number of ether oxygens (including phenoxy) is 1. The van der Waals surface area contributed by atoms with Gasteiger partial charge in [0.05, 0.1) is 12.3 Å². The summed E-state index contributed by atoms with van der Waals surface area (Å²) in [5.41, 5.74) is 0.196. The van der Waals surface area contributed by atoms with Crippen molar-refractivity contribution in [2.24, 2.45) is 5.41 Å². The molecular weight excluding hydrogens is 332 g/mol. The zero-order valence-electron chi connectivity index (χ0n) is 16.2. The molecule has 144 valence electrons. The van der Waals surface area contributed by atoms with Gasteiger partial charge in [0, 0.05) is 50.5 Å². The highest BCUT2D eigenvalue weighted by Crippen LogP contribution is 2.45. The molecule has 26 heavy (non-hydrogen) atoms. The minimum absolute atomic E-state index is 0.0227. The second-order valence-electron chi connectivity index (χ2n) is 7.39. The van der Waals surface area contributed by atoms with Gasteiger partial charge in [0.2, 0.25) is 5.91 Å². The Morgan fingerprint density at radius 1 is 1.38 bits per heavy atom. The predicted octanol–water partition coefficient (Wildman–Crippen LogP) is 2.04. The Balaban J connectivity index is 1.75. The number of carbonyl (C=O) groups is 2. The molecule has 1 N–H and O–H groups in total. The third-order valence-electron chi connectivity index (χ3n) is 5.22. The molecule has 1 fully saturated rings. The Morgan fingerprint density at radius 2 is 2.15 bits per heavy atom. The van der Waals surface area contributed by atoms with Gasteiger partial charge in [-0.25, -0.2) is 4.98 Å². The molecule has 2 unspecified atom stereocenters. The summed E-state index contributed by atoms with van der Waals surface area (Å²) in [6.07, 6.45) is 7.89. The third kappa shape index (κ3) is 4.78. The smallest absolute Gasteiger partial charge is 0.271 e. The maximum atomic E-state index is 12.5. The molecule has 0 saturated heterocycles. The van der Waals surface area contributed by atoms with Crippen LogP contribution in [0.4, 0.5) is 0 Å². The van der Waals surface area contributed by atoms with Crippen LogP contribution in [0, 0.1) is 5.41 Å². The first-order valence-electron chi connectivity index (χ1n) is 9.29. The van der Waals surface area contributed by atoms with Crippen molar-refractivity contribution in [1.29, 1.82) is 0 Å². The van der Waals surface area contributed by atoms with Crippen LogP contribution in [0.3, 0.4) is 0 Å². The van der Waals surface area contributed by atoms with Crippen LogP contribution in [0.25, 0.3) is 0 Å². The molecule has 0 radical (unpaired) electrons. The fourth-order valence-corrected chi connectivity index (χ4v) is 3.31. The average molecular weight is 362 g/mol. The summed E-state index contributed by atoms with van der Waals surface area (Å²) in [5.74, 6) is -0.295. The Kier molecular flexibility index (Phi) is 7.08. The van der Waals surface area contributed by atoms with Crippen LogP contribution in [0.1, 0.15) is 56.9 Å². The Labute approximate surface area is 155 Å². The number of carbonyl (C=O) groups excluding carboxylic acids is 2. The topological polar surface area (TPSA) is 84.4 Å². The number of nitrogens with one attached hydrogen (secondary N) is 1. The van der Waals surface area contributed by atoms with Crippen LogP contribution in [0.5, 0.6) is 0 Å². The lowest BCUT2D eigenvalue weighted by Gasteiger charge is -2.55. The van der Waals surface area contributed by atoms with E-state index in [1.54, 1.807) is 4.90 Å². The number of amides is 2. The van der Waals surface area contributed by atoms with Gasteiger partial charge < -0.3 is 15.0 Å². The molecule has 1 aliphatic rings. The molecule has 1 heterocycles. The van der Waals surface area contributed by atoms with Gasteiger partial charge in [-0.1, -0.05) is 27.2 Å². The molecule has 1 aromatic rings. The number of aromatic nitrogens is 2. The van der Waals surface area contributed by atoms with Crippen molar-refractivity contribution in [2.45, 2.75) is 58.6 Å². The minimum Gasteiger partial charge on any atom is -0.378 e. The van der Waals surface area contributed by atoms with Crippen LogP contribution < -0.4 is 5.32 Å². The largest absolute Gasteiger partial charge is 0.378 e. The average Bonchev–Trinajstić information content (AvgIpc) is 2.64. The van der Waals surface area contributed by atoms with Crippen molar-refractivity contribution in [3.8, 4) is 0 Å². The van der Waals surface area contributed by atoms with E-state index in [1.165, 1.54) is 18.6 Å². The highest BCUT2D eigenvalue weighted by atomic mass is 16.5. The molecule has 7 heteroatoms. The van der Waals surface area contributed by atoms with Crippen molar-refractivity contribution >= 4 is 11.8 Å². The fourth-order valence-electron chi connectivity index (χ4n) is 3.31. The van der Waals surface area contributed by atoms with E-state index >= 15 is 0 Å². The van der Waals surface area contributed by atoms with Crippen molar-refractivity contribution in [3.63, 3.8) is 0 Å². The van der Waals surface area contributed by atoms with E-state index < -0.39 is 0 Å². The summed E-state index contributed by atoms with van der Waals surface area (Å²) in [5, 5.41) is 2.71. The van der Waals surface area contributed by atoms with Crippen LogP contribution >= 0.6 is 0 Å². The molecule has 0 aliphatic heterocycles. The highest BCUT2D eigenvalue weighted by Gasteiger charge is 2.51. The third-order valence-corrected chi connectivity index (χ3v) is 5.22. The zero-order chi connectivity index (χ0) is 19.2. The fraction of sp³-hybridized carbons (Fsp3) is 0.684. The van der Waals surface area contributed by atoms with Crippen molar-refractivity contribution in [1.82, 2.24) is 20.2 Å². The first-order valence-corrected chi connectivity index (χ1v) is 9.29. The highest BCUT2D eigenvalue weighted by molar-refractivity contribution is 5.92. The van der Waals surface area contributed by atoms with Crippen LogP contribution in [-0.2, 0) is 9.53 Å². The van der Waals surface area contributed by atoms with E-state index in [0.717, 1.165) is 25.9 Å². The number of hydrogen-bond donors (Lipinski definition) is 1. The Morgan fingerprint density at radius 3 is 2.77 bits per heavy atom. The molecular formula is C19H30N4O3. The Bertz CT molecular complexity index is 606. The molecule has 1 aromatic heterocycles. The van der Waals surface area contributed by atoms with Crippen LogP contribution in [0.2, 0.25) is 0 Å². The maximum Gasteiger partial charge on any atom is 0.271 e. The molecule has 0 spiro atoms. The lowest BCUT2D eigenvalue weighted by atomic mass is 9.63. The van der Waals surface area contributed by atoms with Gasteiger partial charge in [0.15, 0.2) is 0 Å². The maximum absolute atomic E-state index is 12.5. The van der Waals surface area contributed by atoms with Gasteiger partial charge in [0.1, 0.15) is 5.69 Å². The van der Waals surface area contributed by atoms with E-state index in [4.69, 9.17) is 4.74 Å². The molecule has 1 saturated carbocycles. The van der Waals surface area contributed by atoms with Gasteiger partial charge in [0.25, 0.3) is 5.91 Å². The predicted molar refractivity (Wildman–Crippen MR) is 98.6 cm³/mol. The molecule has 1 aliphatic carbocycles. The summed E-state index contributed by atoms with van der Waals surface area (Å²) in [6, 6.07) is 0.164. The van der Waals surface area contributed by atoms with E-state index in [2.05, 4.69) is 36.1 Å². The molecule has 2 amide bonds. The minimum atomic E-state index is -0.318. The monoisotopic (exact) mass is 362 g/mol. The lowest BCUT2D eigenvalue weighted by Crippen LogP contribution is -2.62. The van der Waals surface area contributed by atoms with E-state index in [0.29, 0.717) is 0 Å². The first-order chi connectivity index (χ1) is 12.4. The lowest BCUT2D eigenvalue weighted by molar-refractivity contribution is -0.164. The van der Waals surface area contributed by atoms with Gasteiger partial charge in [-0.15, -0.1) is 0 Å². The number of nitrogens with zero attached hydrogens (tertiary/aromatic N) is 3. The molecule has 2 atom stereocenters. The molecule has 2 rings (SSSR count). The van der Waals surface area contributed by atoms with Gasteiger partial charge in [-0.2, -0.15) is 0 Å². The van der Waals surface area contributed by atoms with Crippen LogP contribution in [0.15, 0.2) is 18.6 Å². The summed E-state index contributed by atoms with van der Waals surface area (Å²) in [6.45, 7) is 7.51. The quantitative estimate of drug-likeness (QED) is 0.680. The number of unbranched alkanes of at least 4 members (excludes halogenated alkanes) is 1. The summed E-state index contributed by atoms with van der Waals surface area (Å²) >= 11 is 0. The first kappa shape index (κ1) is 20.3. The van der Waals surface area contributed by atoms with Crippen molar-refractivity contribution < 1.29 is 14.3 Å². The van der Waals surface area contributed by atoms with Gasteiger partial charge >= 0.3 is 0 Å². The van der Waals surface area contributed by atoms with Crippen molar-refractivity contribution in [2.75, 3.05) is 20.2 Å². The van der Waals surface area contributed by atoms with Gasteiger partial charge in [-0.05, 0) is 12.8 Å². The Hall–Kier alpha value is -2.02. The van der Waals surface area contributed by atoms with Gasteiger partial charge in [-0.3, -0.25) is 14.6 Å². The van der Waals surface area contributed by atoms with E-state index in [-0.39, 0.29) is 48.0 Å². The summed E-state index contributed by atoms with van der Waals surface area (Å²) in [7, 11) is 1.83. The molecule has 0 aromatic carbocycles. The van der Waals surface area contributed by atoms with Crippen LogP contribution in [-0.4, -0.2) is 59.0 Å². The van der Waals surface area contributed by atoms with Crippen molar-refractivity contribution in [3.05, 3.63) is 24.3 Å². The second kappa shape index (κ2) is 9.07. The second-order valence-corrected chi connectivity index (χ2v) is 7.39. The van der Waals surface area contributed by atoms with E-state index in [9.17, 15) is 9.59 Å². The standard InChI is InChI=1S/C19H30N4O3/c1-5-6-11-26-16-12-15(19(16,2)3)23(4)17(24)7-8-22-18(25)14-13-20-9-10-21-14/h9-10,13,15-16H,5-8,11-12H2,1-4H3,(H,22,25). The van der Waals surface area contributed by atoms with E-state index in [1.807, 2.05) is 7.05 Å². The normalized spacial score (nSPS) is 20.9. The number of hydrogen-bond acceptors (Lipinski definition) is 5. The molecule has 0 bridgehead atoms. The number of rotatable bonds is 9.